The van der Waals surface area contributed by atoms with Crippen LogP contribution < -0.4 is 5.32 Å². The molecule has 1 fully saturated rings. The van der Waals surface area contributed by atoms with Gasteiger partial charge in [0.05, 0.1) is 11.0 Å². The largest absolute Gasteiger partial charge is 0.390 e. The Morgan fingerprint density at radius 2 is 2.08 bits per heavy atom. The Kier molecular flexibility index (Phi) is 5.65. The first-order chi connectivity index (χ1) is 12.5. The molecule has 1 aromatic carbocycles. The molecular weight excluding hydrogens is 354 g/mol. The molecule has 0 aliphatic carbocycles. The number of amides is 1. The summed E-state index contributed by atoms with van der Waals surface area (Å²) in [4.78, 5) is 16.4. The lowest BCUT2D eigenvalue weighted by Crippen LogP contribution is -2.53. The molecule has 2 heterocycles. The summed E-state index contributed by atoms with van der Waals surface area (Å²) in [6, 6.07) is 9.82. The Hall–Kier alpha value is -2.29. The molecule has 0 spiro atoms. The van der Waals surface area contributed by atoms with Crippen molar-refractivity contribution >= 4 is 15.9 Å². The molecule has 26 heavy (non-hydrogen) atoms. The summed E-state index contributed by atoms with van der Waals surface area (Å²) < 4.78 is 26.1. The number of aryl methyl sites for hydroxylation is 1. The number of carbonyl (C=O) groups excluding carboxylic acids is 1. The van der Waals surface area contributed by atoms with Crippen LogP contribution in [0.15, 0.2) is 53.7 Å². The number of pyridine rings is 1. The Morgan fingerprint density at radius 3 is 2.77 bits per heavy atom. The summed E-state index contributed by atoms with van der Waals surface area (Å²) in [6.45, 7) is 0.670. The van der Waals surface area contributed by atoms with Gasteiger partial charge in [-0.3, -0.25) is 9.78 Å². The van der Waals surface area contributed by atoms with Crippen LogP contribution in [-0.4, -0.2) is 54.5 Å². The van der Waals surface area contributed by atoms with E-state index in [9.17, 15) is 18.3 Å². The zero-order valence-electron chi connectivity index (χ0n) is 14.2. The Balaban J connectivity index is 1.56. The van der Waals surface area contributed by atoms with Crippen LogP contribution >= 0.6 is 0 Å². The Bertz CT molecular complexity index is 865. The van der Waals surface area contributed by atoms with Crippen LogP contribution in [0, 0.1) is 0 Å². The van der Waals surface area contributed by atoms with Crippen LogP contribution in [0.25, 0.3) is 0 Å². The highest BCUT2D eigenvalue weighted by molar-refractivity contribution is 7.89. The van der Waals surface area contributed by atoms with Crippen molar-refractivity contribution in [2.75, 3.05) is 19.6 Å². The minimum absolute atomic E-state index is 0.0624. The number of β-amino-alcohol motifs (C(OH)–C–C–N with tert-alkyl or cyclic N) is 1. The van der Waals surface area contributed by atoms with E-state index in [-0.39, 0.29) is 23.9 Å². The van der Waals surface area contributed by atoms with Gasteiger partial charge in [0.1, 0.15) is 0 Å². The van der Waals surface area contributed by atoms with Gasteiger partial charge in [-0.05, 0) is 42.7 Å². The van der Waals surface area contributed by atoms with Gasteiger partial charge >= 0.3 is 0 Å². The fourth-order valence-electron chi connectivity index (χ4n) is 2.70. The third kappa shape index (κ3) is 4.27. The summed E-state index contributed by atoms with van der Waals surface area (Å²) in [7, 11) is -3.67. The van der Waals surface area contributed by atoms with E-state index >= 15 is 0 Å². The van der Waals surface area contributed by atoms with E-state index in [0.29, 0.717) is 12.1 Å². The molecule has 2 N–H and O–H groups in total. The molecule has 2 aromatic rings. The van der Waals surface area contributed by atoms with Gasteiger partial charge in [-0.2, -0.15) is 4.31 Å². The third-order valence-electron chi connectivity index (χ3n) is 4.21. The molecule has 0 saturated carbocycles. The van der Waals surface area contributed by atoms with Crippen molar-refractivity contribution in [1.82, 2.24) is 14.6 Å². The van der Waals surface area contributed by atoms with Gasteiger partial charge in [0, 0.05) is 37.6 Å². The van der Waals surface area contributed by atoms with Gasteiger partial charge in [0.25, 0.3) is 5.91 Å². The summed E-state index contributed by atoms with van der Waals surface area (Å²) in [5.74, 6) is -0.308. The molecule has 3 rings (SSSR count). The summed E-state index contributed by atoms with van der Waals surface area (Å²) in [6.07, 6.45) is 4.47. The predicted molar refractivity (Wildman–Crippen MR) is 96.1 cm³/mol. The lowest BCUT2D eigenvalue weighted by atomic mass is 10.1. The third-order valence-corrected chi connectivity index (χ3v) is 6.04. The zero-order valence-corrected chi connectivity index (χ0v) is 15.0. The van der Waals surface area contributed by atoms with Crippen molar-refractivity contribution in [3.05, 3.63) is 59.9 Å². The summed E-state index contributed by atoms with van der Waals surface area (Å²) in [5, 5.41) is 12.1. The SMILES string of the molecule is O=C(NCCCc1cccnc1)c1cccc(S(=O)(=O)N2CC(O)C2)c1. The number of nitrogens with zero attached hydrogens (tertiary/aromatic N) is 2. The maximum atomic E-state index is 12.4. The summed E-state index contributed by atoms with van der Waals surface area (Å²) in [5.41, 5.74) is 1.40. The van der Waals surface area contributed by atoms with E-state index in [1.165, 1.54) is 16.4 Å². The number of rotatable bonds is 7. The standard InChI is InChI=1S/C18H21N3O4S/c22-16-12-21(13-16)26(24,25)17-7-1-6-15(10-17)18(23)20-9-3-5-14-4-2-8-19-11-14/h1-2,4,6-8,10-11,16,22H,3,5,9,12-13H2,(H,20,23). The molecule has 1 aromatic heterocycles. The summed E-state index contributed by atoms with van der Waals surface area (Å²) >= 11 is 0. The highest BCUT2D eigenvalue weighted by Crippen LogP contribution is 2.22. The highest BCUT2D eigenvalue weighted by atomic mass is 32.2. The topological polar surface area (TPSA) is 99.6 Å². The monoisotopic (exact) mass is 375 g/mol. The molecule has 1 aliphatic rings. The van der Waals surface area contributed by atoms with E-state index in [1.54, 1.807) is 24.5 Å². The number of sulfonamides is 1. The molecule has 8 heteroatoms. The predicted octanol–water partition coefficient (Wildman–Crippen LogP) is 0.809. The number of aliphatic hydroxyl groups excluding tert-OH is 1. The van der Waals surface area contributed by atoms with Crippen molar-refractivity contribution in [2.24, 2.45) is 0 Å². The number of benzene rings is 1. The Labute approximate surface area is 152 Å². The van der Waals surface area contributed by atoms with Gasteiger partial charge < -0.3 is 10.4 Å². The number of aromatic nitrogens is 1. The number of hydrogen-bond donors (Lipinski definition) is 2. The minimum Gasteiger partial charge on any atom is -0.390 e. The normalized spacial score (nSPS) is 15.4. The average molecular weight is 375 g/mol. The van der Waals surface area contributed by atoms with Gasteiger partial charge in [-0.1, -0.05) is 12.1 Å². The molecule has 7 nitrogen and oxygen atoms in total. The molecule has 0 unspecified atom stereocenters. The van der Waals surface area contributed by atoms with Gasteiger partial charge in [-0.25, -0.2) is 8.42 Å². The number of nitrogens with one attached hydrogen (secondary N) is 1. The van der Waals surface area contributed by atoms with E-state index in [1.807, 2.05) is 12.1 Å². The van der Waals surface area contributed by atoms with Crippen molar-refractivity contribution in [3.63, 3.8) is 0 Å². The van der Waals surface area contributed by atoms with Crippen LogP contribution in [0.2, 0.25) is 0 Å². The first-order valence-electron chi connectivity index (χ1n) is 8.42. The zero-order chi connectivity index (χ0) is 18.6. The molecule has 0 radical (unpaired) electrons. The lowest BCUT2D eigenvalue weighted by molar-refractivity contribution is 0.0547. The van der Waals surface area contributed by atoms with Crippen LogP contribution in [0.5, 0.6) is 0 Å². The molecule has 1 aliphatic heterocycles. The van der Waals surface area contributed by atoms with Crippen LogP contribution in [-0.2, 0) is 16.4 Å². The lowest BCUT2D eigenvalue weighted by Gasteiger charge is -2.34. The van der Waals surface area contributed by atoms with Gasteiger partial charge in [0.2, 0.25) is 10.0 Å². The van der Waals surface area contributed by atoms with Crippen molar-refractivity contribution in [3.8, 4) is 0 Å². The second-order valence-corrected chi connectivity index (χ2v) is 8.16. The molecule has 0 atom stereocenters. The first kappa shape index (κ1) is 18.5. The minimum atomic E-state index is -3.67. The van der Waals surface area contributed by atoms with Crippen molar-refractivity contribution in [2.45, 2.75) is 23.8 Å². The Morgan fingerprint density at radius 1 is 1.27 bits per heavy atom. The first-order valence-corrected chi connectivity index (χ1v) is 9.86. The second kappa shape index (κ2) is 7.94. The van der Waals surface area contributed by atoms with Crippen LogP contribution in [0.4, 0.5) is 0 Å². The van der Waals surface area contributed by atoms with Crippen LogP contribution in [0.1, 0.15) is 22.3 Å². The van der Waals surface area contributed by atoms with Crippen molar-refractivity contribution < 1.29 is 18.3 Å². The highest BCUT2D eigenvalue weighted by Gasteiger charge is 2.35. The molecule has 1 amide bonds. The number of carbonyl (C=O) groups is 1. The maximum absolute atomic E-state index is 12.4. The van der Waals surface area contributed by atoms with E-state index in [4.69, 9.17) is 0 Å². The van der Waals surface area contributed by atoms with Crippen LogP contribution in [0.3, 0.4) is 0 Å². The molecular formula is C18H21N3O4S. The maximum Gasteiger partial charge on any atom is 0.251 e. The average Bonchev–Trinajstić information content (AvgIpc) is 2.63. The number of aliphatic hydroxyl groups is 1. The molecule has 1 saturated heterocycles. The van der Waals surface area contributed by atoms with E-state index < -0.39 is 16.1 Å². The van der Waals surface area contributed by atoms with Gasteiger partial charge in [0.15, 0.2) is 0 Å². The molecule has 138 valence electrons. The van der Waals surface area contributed by atoms with E-state index in [0.717, 1.165) is 18.4 Å². The molecule has 0 bridgehead atoms. The fraction of sp³-hybridized carbons (Fsp3) is 0.333. The van der Waals surface area contributed by atoms with Crippen molar-refractivity contribution in [1.29, 1.82) is 0 Å². The van der Waals surface area contributed by atoms with Gasteiger partial charge in [-0.15, -0.1) is 0 Å². The smallest absolute Gasteiger partial charge is 0.251 e. The fourth-order valence-corrected chi connectivity index (χ4v) is 4.26. The number of hydrogen-bond acceptors (Lipinski definition) is 5. The quantitative estimate of drug-likeness (QED) is 0.698. The second-order valence-electron chi connectivity index (χ2n) is 6.22. The van der Waals surface area contributed by atoms with E-state index in [2.05, 4.69) is 10.3 Å².